The Morgan fingerprint density at radius 3 is 2.43 bits per heavy atom. The lowest BCUT2D eigenvalue weighted by Crippen LogP contribution is -2.49. The maximum absolute atomic E-state index is 12.5. The van der Waals surface area contributed by atoms with Crippen molar-refractivity contribution in [2.75, 3.05) is 45.9 Å². The van der Waals surface area contributed by atoms with Crippen molar-refractivity contribution in [3.05, 3.63) is 35.4 Å². The second kappa shape index (κ2) is 8.64. The molecule has 2 aliphatic rings. The van der Waals surface area contributed by atoms with Crippen LogP contribution in [0.3, 0.4) is 0 Å². The largest absolute Gasteiger partial charge is 0.381 e. The van der Waals surface area contributed by atoms with E-state index in [9.17, 15) is 4.79 Å². The highest BCUT2D eigenvalue weighted by Gasteiger charge is 2.25. The summed E-state index contributed by atoms with van der Waals surface area (Å²) in [5.41, 5.74) is 7.41. The number of benzene rings is 1. The quantitative estimate of drug-likeness (QED) is 0.900. The van der Waals surface area contributed by atoms with Crippen molar-refractivity contribution in [3.63, 3.8) is 0 Å². The van der Waals surface area contributed by atoms with Gasteiger partial charge in [0.05, 0.1) is 6.61 Å². The average Bonchev–Trinajstić information content (AvgIpc) is 3.08. The highest BCUT2D eigenvalue weighted by Crippen LogP contribution is 2.16. The highest BCUT2D eigenvalue weighted by atomic mass is 35.5. The molecule has 0 aliphatic carbocycles. The lowest BCUT2D eigenvalue weighted by molar-refractivity contribution is 0.0611. The Labute approximate surface area is 144 Å². The van der Waals surface area contributed by atoms with E-state index in [-0.39, 0.29) is 18.3 Å². The molecule has 2 saturated heterocycles. The molecule has 1 aromatic carbocycles. The van der Waals surface area contributed by atoms with Crippen LogP contribution in [0.1, 0.15) is 22.3 Å². The molecule has 2 fully saturated rings. The number of rotatable bonds is 4. The standard InChI is InChI=1S/C17H25N3O2.ClH/c18-11-14-1-3-16(4-2-14)17(21)20-8-6-19(7-9-20)12-15-5-10-22-13-15;/h1-4,15H,5-13,18H2;1H. The van der Waals surface area contributed by atoms with E-state index < -0.39 is 0 Å². The molecule has 1 aromatic rings. The maximum atomic E-state index is 12.5. The molecule has 1 amide bonds. The predicted molar refractivity (Wildman–Crippen MR) is 92.9 cm³/mol. The van der Waals surface area contributed by atoms with Gasteiger partial charge in [-0.2, -0.15) is 0 Å². The van der Waals surface area contributed by atoms with Crippen LogP contribution in [0.25, 0.3) is 0 Å². The number of nitrogens with zero attached hydrogens (tertiary/aromatic N) is 2. The number of halogens is 1. The zero-order valence-corrected chi connectivity index (χ0v) is 14.3. The van der Waals surface area contributed by atoms with Crippen molar-refractivity contribution in [3.8, 4) is 0 Å². The molecule has 6 heteroatoms. The molecule has 2 aliphatic heterocycles. The summed E-state index contributed by atoms with van der Waals surface area (Å²) in [5, 5.41) is 0. The minimum absolute atomic E-state index is 0. The first-order chi connectivity index (χ1) is 10.8. The SMILES string of the molecule is Cl.NCc1ccc(C(=O)N2CCN(CC3CCOC3)CC2)cc1. The predicted octanol–water partition coefficient (Wildman–Crippen LogP) is 1.36. The van der Waals surface area contributed by atoms with Crippen LogP contribution in [0.2, 0.25) is 0 Å². The fourth-order valence-electron chi connectivity index (χ4n) is 3.19. The Bertz CT molecular complexity index is 495. The van der Waals surface area contributed by atoms with Gasteiger partial charge in [0.25, 0.3) is 5.91 Å². The Morgan fingerprint density at radius 1 is 1.17 bits per heavy atom. The minimum atomic E-state index is 0. The normalized spacial score (nSPS) is 22.0. The molecule has 1 atom stereocenters. The third kappa shape index (κ3) is 4.67. The van der Waals surface area contributed by atoms with Gasteiger partial charge in [-0.1, -0.05) is 12.1 Å². The summed E-state index contributed by atoms with van der Waals surface area (Å²) in [4.78, 5) is 16.9. The molecule has 2 heterocycles. The van der Waals surface area contributed by atoms with Gasteiger partial charge in [-0.3, -0.25) is 9.69 Å². The molecule has 0 aromatic heterocycles. The molecule has 1 unspecified atom stereocenters. The first kappa shape index (κ1) is 18.2. The summed E-state index contributed by atoms with van der Waals surface area (Å²) in [6, 6.07) is 7.63. The highest BCUT2D eigenvalue weighted by molar-refractivity contribution is 5.94. The molecule has 0 spiro atoms. The van der Waals surface area contributed by atoms with Crippen molar-refractivity contribution in [1.29, 1.82) is 0 Å². The summed E-state index contributed by atoms with van der Waals surface area (Å²) < 4.78 is 5.43. The Balaban J connectivity index is 0.00000192. The van der Waals surface area contributed by atoms with E-state index in [1.165, 1.54) is 6.42 Å². The van der Waals surface area contributed by atoms with Gasteiger partial charge in [0.2, 0.25) is 0 Å². The smallest absolute Gasteiger partial charge is 0.253 e. The van der Waals surface area contributed by atoms with Crippen molar-refractivity contribution < 1.29 is 9.53 Å². The second-order valence-corrected chi connectivity index (χ2v) is 6.22. The summed E-state index contributed by atoms with van der Waals surface area (Å²) in [6.45, 7) is 6.96. The Kier molecular flexibility index (Phi) is 6.84. The van der Waals surface area contributed by atoms with Gasteiger partial charge in [0.1, 0.15) is 0 Å². The van der Waals surface area contributed by atoms with Crippen LogP contribution >= 0.6 is 12.4 Å². The number of carbonyl (C=O) groups excluding carboxylic acids is 1. The second-order valence-electron chi connectivity index (χ2n) is 6.22. The van der Waals surface area contributed by atoms with Crippen LogP contribution in [0, 0.1) is 5.92 Å². The third-order valence-corrected chi connectivity index (χ3v) is 4.64. The van der Waals surface area contributed by atoms with E-state index in [0.29, 0.717) is 12.5 Å². The van der Waals surface area contributed by atoms with Crippen LogP contribution in [-0.4, -0.2) is 61.6 Å². The number of hydrogen-bond donors (Lipinski definition) is 1. The summed E-state index contributed by atoms with van der Waals surface area (Å²) >= 11 is 0. The Morgan fingerprint density at radius 2 is 1.87 bits per heavy atom. The number of piperazine rings is 1. The zero-order chi connectivity index (χ0) is 15.4. The molecule has 0 radical (unpaired) electrons. The van der Waals surface area contributed by atoms with Crippen LogP contribution in [0.15, 0.2) is 24.3 Å². The average molecular weight is 340 g/mol. The number of carbonyl (C=O) groups is 1. The van der Waals surface area contributed by atoms with Crippen molar-refractivity contribution in [2.24, 2.45) is 11.7 Å². The van der Waals surface area contributed by atoms with E-state index in [1.54, 1.807) is 0 Å². The van der Waals surface area contributed by atoms with Crippen LogP contribution in [0.5, 0.6) is 0 Å². The van der Waals surface area contributed by atoms with E-state index in [1.807, 2.05) is 29.2 Å². The molecular formula is C17H26ClN3O2. The van der Waals surface area contributed by atoms with Crippen LogP contribution in [-0.2, 0) is 11.3 Å². The van der Waals surface area contributed by atoms with E-state index in [0.717, 1.165) is 57.1 Å². The molecule has 2 N–H and O–H groups in total. The third-order valence-electron chi connectivity index (χ3n) is 4.64. The summed E-state index contributed by atoms with van der Waals surface area (Å²) in [5.74, 6) is 0.804. The van der Waals surface area contributed by atoms with Crippen molar-refractivity contribution >= 4 is 18.3 Å². The van der Waals surface area contributed by atoms with Gasteiger partial charge in [-0.15, -0.1) is 12.4 Å². The first-order valence-corrected chi connectivity index (χ1v) is 8.14. The van der Waals surface area contributed by atoms with Gasteiger partial charge < -0.3 is 15.4 Å². The van der Waals surface area contributed by atoms with Crippen molar-refractivity contribution in [1.82, 2.24) is 9.80 Å². The minimum Gasteiger partial charge on any atom is -0.381 e. The fourth-order valence-corrected chi connectivity index (χ4v) is 3.19. The van der Waals surface area contributed by atoms with Crippen LogP contribution in [0.4, 0.5) is 0 Å². The lowest BCUT2D eigenvalue weighted by Gasteiger charge is -2.35. The lowest BCUT2D eigenvalue weighted by atomic mass is 10.1. The molecule has 5 nitrogen and oxygen atoms in total. The van der Waals surface area contributed by atoms with Gasteiger partial charge in [0, 0.05) is 51.4 Å². The number of amides is 1. The zero-order valence-electron chi connectivity index (χ0n) is 13.4. The Hall–Kier alpha value is -1.14. The summed E-state index contributed by atoms with van der Waals surface area (Å²) in [6.07, 6.45) is 1.17. The summed E-state index contributed by atoms with van der Waals surface area (Å²) in [7, 11) is 0. The maximum Gasteiger partial charge on any atom is 0.253 e. The number of ether oxygens (including phenoxy) is 1. The molecule has 23 heavy (non-hydrogen) atoms. The fraction of sp³-hybridized carbons (Fsp3) is 0.588. The molecular weight excluding hydrogens is 314 g/mol. The van der Waals surface area contributed by atoms with Gasteiger partial charge >= 0.3 is 0 Å². The van der Waals surface area contributed by atoms with Gasteiger partial charge in [-0.25, -0.2) is 0 Å². The number of hydrogen-bond acceptors (Lipinski definition) is 4. The van der Waals surface area contributed by atoms with Gasteiger partial charge in [0.15, 0.2) is 0 Å². The van der Waals surface area contributed by atoms with E-state index >= 15 is 0 Å². The monoisotopic (exact) mass is 339 g/mol. The van der Waals surface area contributed by atoms with E-state index in [2.05, 4.69) is 4.90 Å². The topological polar surface area (TPSA) is 58.8 Å². The molecule has 0 saturated carbocycles. The molecule has 128 valence electrons. The molecule has 3 rings (SSSR count). The van der Waals surface area contributed by atoms with E-state index in [4.69, 9.17) is 10.5 Å². The van der Waals surface area contributed by atoms with Crippen LogP contribution < -0.4 is 5.73 Å². The first-order valence-electron chi connectivity index (χ1n) is 8.14. The van der Waals surface area contributed by atoms with Crippen molar-refractivity contribution in [2.45, 2.75) is 13.0 Å². The van der Waals surface area contributed by atoms with Gasteiger partial charge in [-0.05, 0) is 30.0 Å². The molecule has 0 bridgehead atoms. The number of nitrogens with two attached hydrogens (primary N) is 1.